The van der Waals surface area contributed by atoms with E-state index >= 15 is 0 Å². The molecule has 1 fully saturated rings. The molecule has 2 aromatic rings. The SMILES string of the molecule is COc1ccc(CN2CCN(C)CC2)cc1NCc1ncc[nH]1. The van der Waals surface area contributed by atoms with Crippen molar-refractivity contribution in [3.8, 4) is 5.75 Å². The Hall–Kier alpha value is -2.05. The van der Waals surface area contributed by atoms with Crippen molar-refractivity contribution in [2.45, 2.75) is 13.1 Å². The average Bonchev–Trinajstić information content (AvgIpc) is 3.09. The summed E-state index contributed by atoms with van der Waals surface area (Å²) in [5.41, 5.74) is 2.31. The first kappa shape index (κ1) is 15.8. The summed E-state index contributed by atoms with van der Waals surface area (Å²) < 4.78 is 5.46. The Labute approximate surface area is 137 Å². The predicted octanol–water partition coefficient (Wildman–Crippen LogP) is 1.78. The molecule has 1 saturated heterocycles. The van der Waals surface area contributed by atoms with Gasteiger partial charge < -0.3 is 19.9 Å². The number of methoxy groups -OCH3 is 1. The molecule has 1 aliphatic heterocycles. The summed E-state index contributed by atoms with van der Waals surface area (Å²) in [7, 11) is 3.88. The van der Waals surface area contributed by atoms with E-state index in [0.717, 1.165) is 50.0 Å². The first-order valence-corrected chi connectivity index (χ1v) is 8.04. The molecule has 0 unspecified atom stereocenters. The molecule has 2 heterocycles. The summed E-state index contributed by atoms with van der Waals surface area (Å²) in [5.74, 6) is 1.77. The number of ether oxygens (including phenoxy) is 1. The number of benzene rings is 1. The molecule has 0 atom stereocenters. The van der Waals surface area contributed by atoms with Crippen LogP contribution in [0.3, 0.4) is 0 Å². The fraction of sp³-hybridized carbons (Fsp3) is 0.471. The Kier molecular flexibility index (Phi) is 5.15. The van der Waals surface area contributed by atoms with Gasteiger partial charge in [-0.25, -0.2) is 4.98 Å². The largest absolute Gasteiger partial charge is 0.495 e. The molecular formula is C17H25N5O. The van der Waals surface area contributed by atoms with E-state index in [1.165, 1.54) is 5.56 Å². The van der Waals surface area contributed by atoms with Crippen LogP contribution in [-0.4, -0.2) is 60.1 Å². The molecular weight excluding hydrogens is 290 g/mol. The highest BCUT2D eigenvalue weighted by molar-refractivity contribution is 5.58. The molecule has 3 rings (SSSR count). The van der Waals surface area contributed by atoms with Crippen molar-refractivity contribution in [1.29, 1.82) is 0 Å². The lowest BCUT2D eigenvalue weighted by Crippen LogP contribution is -2.43. The Morgan fingerprint density at radius 1 is 1.26 bits per heavy atom. The fourth-order valence-electron chi connectivity index (χ4n) is 2.83. The summed E-state index contributed by atoms with van der Waals surface area (Å²) in [6.45, 7) is 6.16. The minimum absolute atomic E-state index is 0.654. The third-order valence-corrected chi connectivity index (χ3v) is 4.27. The van der Waals surface area contributed by atoms with Crippen molar-refractivity contribution >= 4 is 5.69 Å². The van der Waals surface area contributed by atoms with Crippen molar-refractivity contribution in [3.05, 3.63) is 42.0 Å². The van der Waals surface area contributed by atoms with E-state index in [2.05, 4.69) is 44.3 Å². The Balaban J connectivity index is 1.65. The van der Waals surface area contributed by atoms with Gasteiger partial charge in [0, 0.05) is 45.1 Å². The van der Waals surface area contributed by atoms with Gasteiger partial charge in [-0.2, -0.15) is 0 Å². The van der Waals surface area contributed by atoms with Crippen LogP contribution in [0.5, 0.6) is 5.75 Å². The zero-order valence-corrected chi connectivity index (χ0v) is 13.9. The van der Waals surface area contributed by atoms with Gasteiger partial charge in [0.1, 0.15) is 11.6 Å². The number of aromatic nitrogens is 2. The van der Waals surface area contributed by atoms with Crippen molar-refractivity contribution in [3.63, 3.8) is 0 Å². The van der Waals surface area contributed by atoms with Crippen LogP contribution < -0.4 is 10.1 Å². The molecule has 0 spiro atoms. The molecule has 6 nitrogen and oxygen atoms in total. The fourth-order valence-corrected chi connectivity index (χ4v) is 2.83. The molecule has 1 aromatic heterocycles. The van der Waals surface area contributed by atoms with Gasteiger partial charge >= 0.3 is 0 Å². The third-order valence-electron chi connectivity index (χ3n) is 4.27. The zero-order valence-electron chi connectivity index (χ0n) is 13.9. The maximum Gasteiger partial charge on any atom is 0.141 e. The Morgan fingerprint density at radius 2 is 2.09 bits per heavy atom. The Morgan fingerprint density at radius 3 is 2.78 bits per heavy atom. The second kappa shape index (κ2) is 7.48. The molecule has 0 aliphatic carbocycles. The first-order valence-electron chi connectivity index (χ1n) is 8.04. The van der Waals surface area contributed by atoms with Gasteiger partial charge in [-0.05, 0) is 24.7 Å². The molecule has 1 aromatic carbocycles. The van der Waals surface area contributed by atoms with Crippen LogP contribution in [0.4, 0.5) is 5.69 Å². The van der Waals surface area contributed by atoms with E-state index in [-0.39, 0.29) is 0 Å². The molecule has 0 amide bonds. The van der Waals surface area contributed by atoms with E-state index in [4.69, 9.17) is 4.74 Å². The number of imidazole rings is 1. The third kappa shape index (κ3) is 4.24. The lowest BCUT2D eigenvalue weighted by Gasteiger charge is -2.32. The number of piperazine rings is 1. The van der Waals surface area contributed by atoms with Gasteiger partial charge in [0.05, 0.1) is 19.3 Å². The second-order valence-electron chi connectivity index (χ2n) is 6.00. The number of nitrogens with one attached hydrogen (secondary N) is 2. The van der Waals surface area contributed by atoms with Gasteiger partial charge in [-0.3, -0.25) is 4.90 Å². The lowest BCUT2D eigenvalue weighted by molar-refractivity contribution is 0.148. The quantitative estimate of drug-likeness (QED) is 0.851. The van der Waals surface area contributed by atoms with Crippen LogP contribution in [0.15, 0.2) is 30.6 Å². The smallest absolute Gasteiger partial charge is 0.141 e. The number of hydrogen-bond donors (Lipinski definition) is 2. The maximum absolute atomic E-state index is 5.46. The standard InChI is InChI=1S/C17H25N5O/c1-21-7-9-22(10-8-21)13-14-3-4-16(23-2)15(11-14)20-12-17-18-5-6-19-17/h3-6,11,20H,7-10,12-13H2,1-2H3,(H,18,19). The zero-order chi connectivity index (χ0) is 16.1. The molecule has 23 heavy (non-hydrogen) atoms. The number of anilines is 1. The molecule has 1 aliphatic rings. The second-order valence-corrected chi connectivity index (χ2v) is 6.00. The summed E-state index contributed by atoms with van der Waals surface area (Å²) in [6, 6.07) is 6.37. The summed E-state index contributed by atoms with van der Waals surface area (Å²) in [6.07, 6.45) is 3.59. The van der Waals surface area contributed by atoms with Crippen LogP contribution in [0.25, 0.3) is 0 Å². The number of aromatic amines is 1. The summed E-state index contributed by atoms with van der Waals surface area (Å²) in [4.78, 5) is 12.2. The van der Waals surface area contributed by atoms with Gasteiger partial charge in [0.15, 0.2) is 0 Å². The van der Waals surface area contributed by atoms with Crippen LogP contribution in [-0.2, 0) is 13.1 Å². The van der Waals surface area contributed by atoms with Crippen molar-refractivity contribution < 1.29 is 4.74 Å². The molecule has 0 saturated carbocycles. The molecule has 6 heteroatoms. The normalized spacial score (nSPS) is 16.4. The molecule has 2 N–H and O–H groups in total. The molecule has 0 bridgehead atoms. The topological polar surface area (TPSA) is 56.4 Å². The first-order chi connectivity index (χ1) is 11.2. The highest BCUT2D eigenvalue weighted by atomic mass is 16.5. The van der Waals surface area contributed by atoms with Crippen molar-refractivity contribution in [1.82, 2.24) is 19.8 Å². The summed E-state index contributed by atoms with van der Waals surface area (Å²) >= 11 is 0. The lowest BCUT2D eigenvalue weighted by atomic mass is 10.1. The van der Waals surface area contributed by atoms with Crippen LogP contribution in [0.1, 0.15) is 11.4 Å². The highest BCUT2D eigenvalue weighted by Crippen LogP contribution is 2.26. The van der Waals surface area contributed by atoms with Crippen molar-refractivity contribution in [2.75, 3.05) is 45.7 Å². The average molecular weight is 315 g/mol. The van der Waals surface area contributed by atoms with E-state index in [0.29, 0.717) is 6.54 Å². The van der Waals surface area contributed by atoms with E-state index < -0.39 is 0 Å². The number of rotatable bonds is 6. The van der Waals surface area contributed by atoms with Gasteiger partial charge in [-0.15, -0.1) is 0 Å². The Bertz CT molecular complexity index is 605. The van der Waals surface area contributed by atoms with Crippen molar-refractivity contribution in [2.24, 2.45) is 0 Å². The number of likely N-dealkylation sites (N-methyl/N-ethyl adjacent to an activating group) is 1. The van der Waals surface area contributed by atoms with Crippen LogP contribution in [0.2, 0.25) is 0 Å². The van der Waals surface area contributed by atoms with Crippen LogP contribution in [0, 0.1) is 0 Å². The number of nitrogens with zero attached hydrogens (tertiary/aromatic N) is 3. The van der Waals surface area contributed by atoms with E-state index in [1.807, 2.05) is 12.3 Å². The van der Waals surface area contributed by atoms with Gasteiger partial charge in [-0.1, -0.05) is 6.07 Å². The van der Waals surface area contributed by atoms with Gasteiger partial charge in [0.25, 0.3) is 0 Å². The highest BCUT2D eigenvalue weighted by Gasteiger charge is 2.14. The minimum Gasteiger partial charge on any atom is -0.495 e. The van der Waals surface area contributed by atoms with E-state index in [9.17, 15) is 0 Å². The predicted molar refractivity (Wildman–Crippen MR) is 91.7 cm³/mol. The van der Waals surface area contributed by atoms with Gasteiger partial charge in [0.2, 0.25) is 0 Å². The number of hydrogen-bond acceptors (Lipinski definition) is 5. The summed E-state index contributed by atoms with van der Waals surface area (Å²) in [5, 5.41) is 3.41. The molecule has 0 radical (unpaired) electrons. The maximum atomic E-state index is 5.46. The molecule has 124 valence electrons. The number of H-pyrrole nitrogens is 1. The van der Waals surface area contributed by atoms with Crippen LogP contribution >= 0.6 is 0 Å². The monoisotopic (exact) mass is 315 g/mol. The van der Waals surface area contributed by atoms with E-state index in [1.54, 1.807) is 13.3 Å². The minimum atomic E-state index is 0.654.